The Hall–Kier alpha value is -1.61. The molecule has 90 valence electrons. The molecular weight excluding hydrogens is 240 g/mol. The lowest BCUT2D eigenvalue weighted by atomic mass is 9.94. The SMILES string of the molecule is CSc1ccc(C2=NCCc3ccccc32)cn1. The number of thioether (sulfide) groups is 1. The second-order valence-electron chi connectivity index (χ2n) is 4.23. The molecule has 0 saturated carbocycles. The molecule has 1 aromatic heterocycles. The van der Waals surface area contributed by atoms with E-state index in [1.165, 1.54) is 11.1 Å². The van der Waals surface area contributed by atoms with E-state index in [0.29, 0.717) is 0 Å². The molecule has 0 atom stereocenters. The Kier molecular flexibility index (Phi) is 3.15. The number of pyridine rings is 1. The molecule has 0 unspecified atom stereocenters. The zero-order valence-electron chi connectivity index (χ0n) is 10.3. The molecule has 1 aromatic carbocycles. The van der Waals surface area contributed by atoms with Crippen LogP contribution in [-0.4, -0.2) is 23.5 Å². The van der Waals surface area contributed by atoms with Gasteiger partial charge in [-0.1, -0.05) is 24.3 Å². The van der Waals surface area contributed by atoms with Crippen molar-refractivity contribution in [1.82, 2.24) is 4.98 Å². The smallest absolute Gasteiger partial charge is 0.0957 e. The number of aromatic nitrogens is 1. The van der Waals surface area contributed by atoms with Gasteiger partial charge in [-0.05, 0) is 30.4 Å². The van der Waals surface area contributed by atoms with Gasteiger partial charge in [-0.3, -0.25) is 4.99 Å². The molecule has 0 fully saturated rings. The van der Waals surface area contributed by atoms with E-state index in [1.54, 1.807) is 11.8 Å². The molecule has 0 N–H and O–H groups in total. The molecule has 18 heavy (non-hydrogen) atoms. The van der Waals surface area contributed by atoms with Crippen LogP contribution in [0.2, 0.25) is 0 Å². The Morgan fingerprint density at radius 3 is 2.78 bits per heavy atom. The van der Waals surface area contributed by atoms with E-state index in [-0.39, 0.29) is 0 Å². The average molecular weight is 254 g/mol. The van der Waals surface area contributed by atoms with Gasteiger partial charge in [-0.2, -0.15) is 0 Å². The van der Waals surface area contributed by atoms with Gasteiger partial charge >= 0.3 is 0 Å². The van der Waals surface area contributed by atoms with Crippen molar-refractivity contribution in [2.24, 2.45) is 4.99 Å². The number of benzene rings is 1. The first kappa shape index (κ1) is 11.5. The van der Waals surface area contributed by atoms with Crippen molar-refractivity contribution < 1.29 is 0 Å². The van der Waals surface area contributed by atoms with E-state index < -0.39 is 0 Å². The Bertz CT molecular complexity index is 588. The van der Waals surface area contributed by atoms with Gasteiger partial charge < -0.3 is 0 Å². The van der Waals surface area contributed by atoms with Crippen LogP contribution >= 0.6 is 11.8 Å². The summed E-state index contributed by atoms with van der Waals surface area (Å²) >= 11 is 1.66. The predicted molar refractivity (Wildman–Crippen MR) is 76.7 cm³/mol. The van der Waals surface area contributed by atoms with Gasteiger partial charge in [0.2, 0.25) is 0 Å². The lowest BCUT2D eigenvalue weighted by Crippen LogP contribution is -2.14. The van der Waals surface area contributed by atoms with Gasteiger partial charge in [0.1, 0.15) is 0 Å². The monoisotopic (exact) mass is 254 g/mol. The Balaban J connectivity index is 2.03. The van der Waals surface area contributed by atoms with Crippen LogP contribution in [0.15, 0.2) is 52.6 Å². The van der Waals surface area contributed by atoms with Gasteiger partial charge in [0.05, 0.1) is 10.7 Å². The maximum absolute atomic E-state index is 4.67. The largest absolute Gasteiger partial charge is 0.284 e. The first-order valence-electron chi connectivity index (χ1n) is 6.01. The summed E-state index contributed by atoms with van der Waals surface area (Å²) in [7, 11) is 0. The van der Waals surface area contributed by atoms with Crippen molar-refractivity contribution in [3.05, 3.63) is 59.3 Å². The molecule has 3 rings (SSSR count). The Morgan fingerprint density at radius 2 is 2.00 bits per heavy atom. The van der Waals surface area contributed by atoms with Crippen LogP contribution in [0, 0.1) is 0 Å². The molecule has 0 spiro atoms. The Morgan fingerprint density at radius 1 is 1.11 bits per heavy atom. The van der Waals surface area contributed by atoms with Crippen LogP contribution in [0.1, 0.15) is 16.7 Å². The van der Waals surface area contributed by atoms with Crippen LogP contribution in [0.3, 0.4) is 0 Å². The molecule has 2 heterocycles. The van der Waals surface area contributed by atoms with E-state index in [4.69, 9.17) is 0 Å². The minimum Gasteiger partial charge on any atom is -0.284 e. The van der Waals surface area contributed by atoms with E-state index >= 15 is 0 Å². The third-order valence-electron chi connectivity index (χ3n) is 3.14. The normalized spacial score (nSPS) is 13.9. The van der Waals surface area contributed by atoms with Gasteiger partial charge in [-0.25, -0.2) is 4.98 Å². The van der Waals surface area contributed by atoms with Crippen molar-refractivity contribution in [2.45, 2.75) is 11.4 Å². The summed E-state index contributed by atoms with van der Waals surface area (Å²) in [6.07, 6.45) is 5.00. The molecule has 2 nitrogen and oxygen atoms in total. The van der Waals surface area contributed by atoms with Crippen LogP contribution in [0.4, 0.5) is 0 Å². The number of hydrogen-bond donors (Lipinski definition) is 0. The van der Waals surface area contributed by atoms with E-state index in [2.05, 4.69) is 46.4 Å². The summed E-state index contributed by atoms with van der Waals surface area (Å²) < 4.78 is 0. The highest BCUT2D eigenvalue weighted by atomic mass is 32.2. The molecule has 1 aliphatic heterocycles. The van der Waals surface area contributed by atoms with E-state index in [0.717, 1.165) is 29.3 Å². The highest BCUT2D eigenvalue weighted by molar-refractivity contribution is 7.98. The van der Waals surface area contributed by atoms with Crippen molar-refractivity contribution in [1.29, 1.82) is 0 Å². The summed E-state index contributed by atoms with van der Waals surface area (Å²) in [6, 6.07) is 12.7. The van der Waals surface area contributed by atoms with Crippen molar-refractivity contribution in [3.8, 4) is 0 Å². The van der Waals surface area contributed by atoms with Gasteiger partial charge in [-0.15, -0.1) is 11.8 Å². The molecule has 0 aliphatic carbocycles. The second kappa shape index (κ2) is 4.94. The number of nitrogens with zero attached hydrogens (tertiary/aromatic N) is 2. The maximum Gasteiger partial charge on any atom is 0.0957 e. The molecule has 1 aliphatic rings. The summed E-state index contributed by atoms with van der Waals surface area (Å²) in [6.45, 7) is 0.872. The van der Waals surface area contributed by atoms with Gasteiger partial charge in [0.25, 0.3) is 0 Å². The number of aliphatic imine (C=N–C) groups is 1. The maximum atomic E-state index is 4.67. The Labute approximate surface area is 111 Å². The van der Waals surface area contributed by atoms with Crippen LogP contribution < -0.4 is 0 Å². The first-order valence-corrected chi connectivity index (χ1v) is 7.24. The average Bonchev–Trinajstić information content (AvgIpc) is 2.47. The summed E-state index contributed by atoms with van der Waals surface area (Å²) in [5.74, 6) is 0. The fourth-order valence-corrected chi connectivity index (χ4v) is 2.59. The highest BCUT2D eigenvalue weighted by Crippen LogP contribution is 2.21. The summed E-state index contributed by atoms with van der Waals surface area (Å²) in [5.41, 5.74) is 4.83. The standard InChI is InChI=1S/C15H14N2S/c1-18-14-7-6-12(10-17-14)15-13-5-3-2-4-11(13)8-9-16-15/h2-7,10H,8-9H2,1H3. The molecule has 3 heteroatoms. The van der Waals surface area contributed by atoms with Crippen molar-refractivity contribution in [3.63, 3.8) is 0 Å². The van der Waals surface area contributed by atoms with Gasteiger partial charge in [0.15, 0.2) is 0 Å². The quantitative estimate of drug-likeness (QED) is 0.769. The zero-order valence-corrected chi connectivity index (χ0v) is 11.1. The topological polar surface area (TPSA) is 25.2 Å². The van der Waals surface area contributed by atoms with Crippen LogP contribution in [0.5, 0.6) is 0 Å². The lowest BCUT2D eigenvalue weighted by Gasteiger charge is -2.16. The predicted octanol–water partition coefficient (Wildman–Crippen LogP) is 3.20. The fourth-order valence-electron chi connectivity index (χ4n) is 2.23. The third-order valence-corrected chi connectivity index (χ3v) is 3.80. The zero-order chi connectivity index (χ0) is 12.4. The molecule has 2 aromatic rings. The molecule has 0 radical (unpaired) electrons. The number of rotatable bonds is 2. The minimum absolute atomic E-state index is 0.872. The molecule has 0 amide bonds. The molecule has 0 saturated heterocycles. The number of hydrogen-bond acceptors (Lipinski definition) is 3. The fraction of sp³-hybridized carbons (Fsp3) is 0.200. The summed E-state index contributed by atoms with van der Waals surface area (Å²) in [5, 5.41) is 1.04. The molecule has 0 bridgehead atoms. The van der Waals surface area contributed by atoms with Gasteiger partial charge in [0, 0.05) is 23.9 Å². The summed E-state index contributed by atoms with van der Waals surface area (Å²) in [4.78, 5) is 9.09. The van der Waals surface area contributed by atoms with Crippen LogP contribution in [-0.2, 0) is 6.42 Å². The number of fused-ring (bicyclic) bond motifs is 1. The lowest BCUT2D eigenvalue weighted by molar-refractivity contribution is 0.943. The van der Waals surface area contributed by atoms with Crippen molar-refractivity contribution >= 4 is 17.5 Å². The third kappa shape index (κ3) is 2.06. The second-order valence-corrected chi connectivity index (χ2v) is 5.05. The minimum atomic E-state index is 0.872. The van der Waals surface area contributed by atoms with E-state index in [1.807, 2.05) is 12.5 Å². The molecular formula is C15H14N2S. The first-order chi connectivity index (χ1) is 8.88. The highest BCUT2D eigenvalue weighted by Gasteiger charge is 2.15. The van der Waals surface area contributed by atoms with E-state index in [9.17, 15) is 0 Å². The van der Waals surface area contributed by atoms with Crippen LogP contribution in [0.25, 0.3) is 0 Å². The van der Waals surface area contributed by atoms with Crippen molar-refractivity contribution in [2.75, 3.05) is 12.8 Å².